The monoisotopic (exact) mass is 533 g/mol. The van der Waals surface area contributed by atoms with Gasteiger partial charge in [0.1, 0.15) is 6.61 Å². The molecule has 0 spiro atoms. The summed E-state index contributed by atoms with van der Waals surface area (Å²) < 4.78 is 6.44. The highest BCUT2D eigenvalue weighted by Gasteiger charge is 2.23. The molecule has 4 N–H and O–H groups in total. The van der Waals surface area contributed by atoms with Crippen molar-refractivity contribution in [3.8, 4) is 11.3 Å². The molecule has 0 unspecified atom stereocenters. The molecule has 0 radical (unpaired) electrons. The Morgan fingerprint density at radius 2 is 1.92 bits per heavy atom. The Labute approximate surface area is 222 Å². The number of ether oxygens (including phenoxy) is 1. The highest BCUT2D eigenvalue weighted by atomic mass is 32.1. The largest absolute Gasteiger partial charge is 0.449 e. The molecule has 4 rings (SSSR count). The van der Waals surface area contributed by atoms with Gasteiger partial charge < -0.3 is 25.7 Å². The number of aryl methyl sites for hydroxylation is 1. The van der Waals surface area contributed by atoms with E-state index in [0.29, 0.717) is 21.8 Å². The van der Waals surface area contributed by atoms with Crippen molar-refractivity contribution in [2.24, 2.45) is 12.8 Å². The molecule has 2 aromatic heterocycles. The van der Waals surface area contributed by atoms with Gasteiger partial charge in [-0.05, 0) is 35.2 Å². The number of hydrogen-bond acceptors (Lipinski definition) is 7. The number of rotatable bonds is 8. The first-order chi connectivity index (χ1) is 18.0. The summed E-state index contributed by atoms with van der Waals surface area (Å²) in [7, 11) is 1.70. The molecule has 0 saturated carbocycles. The molecule has 10 nitrogen and oxygen atoms in total. The van der Waals surface area contributed by atoms with E-state index in [-0.39, 0.29) is 18.7 Å². The van der Waals surface area contributed by atoms with E-state index >= 15 is 0 Å². The Bertz CT molecular complexity index is 1590. The van der Waals surface area contributed by atoms with Crippen LogP contribution < -0.4 is 21.9 Å². The van der Waals surface area contributed by atoms with Gasteiger partial charge >= 0.3 is 6.09 Å². The summed E-state index contributed by atoms with van der Waals surface area (Å²) in [5.41, 5.74) is 6.92. The quantitative estimate of drug-likeness (QED) is 0.316. The number of hydrogen-bond donors (Lipinski definition) is 3. The summed E-state index contributed by atoms with van der Waals surface area (Å²) in [6.45, 7) is 3.53. The van der Waals surface area contributed by atoms with Gasteiger partial charge in [0.15, 0.2) is 5.13 Å². The molecule has 0 saturated heterocycles. The van der Waals surface area contributed by atoms with Gasteiger partial charge in [-0.3, -0.25) is 14.4 Å². The minimum Gasteiger partial charge on any atom is -0.449 e. The molecule has 2 heterocycles. The number of nitrogens with zero attached hydrogens (tertiary/aromatic N) is 2. The second-order valence-electron chi connectivity index (χ2n) is 9.37. The predicted molar refractivity (Wildman–Crippen MR) is 146 cm³/mol. The lowest BCUT2D eigenvalue weighted by molar-refractivity contribution is -0.115. The summed E-state index contributed by atoms with van der Waals surface area (Å²) in [6, 6.07) is 14.2. The average Bonchev–Trinajstić information content (AvgIpc) is 3.36. The zero-order valence-electron chi connectivity index (χ0n) is 21.1. The molecule has 196 valence electrons. The third kappa shape index (κ3) is 6.06. The number of thiazole rings is 1. The number of nitrogens with one attached hydrogen (secondary N) is 2. The SMILES string of the molecule is Cn1ccc2ccc(-c3csc(NC(=O)CNC(=O)c4cccc(C(C)(C)COC(N)=O)c4)n3)cc2c1=O. The lowest BCUT2D eigenvalue weighted by atomic mass is 9.84. The first-order valence-electron chi connectivity index (χ1n) is 11.7. The van der Waals surface area contributed by atoms with Crippen molar-refractivity contribution in [2.75, 3.05) is 18.5 Å². The number of pyridine rings is 1. The van der Waals surface area contributed by atoms with E-state index in [0.717, 1.165) is 16.5 Å². The van der Waals surface area contributed by atoms with E-state index in [1.54, 1.807) is 42.9 Å². The van der Waals surface area contributed by atoms with Crippen LogP contribution in [0, 0.1) is 0 Å². The number of amides is 3. The number of anilines is 1. The Balaban J connectivity index is 1.37. The second-order valence-corrected chi connectivity index (χ2v) is 10.2. The van der Waals surface area contributed by atoms with Crippen LogP contribution in [0.15, 0.2) is 64.9 Å². The molecular formula is C27H27N5O5S. The van der Waals surface area contributed by atoms with Crippen LogP contribution in [0.3, 0.4) is 0 Å². The van der Waals surface area contributed by atoms with Gasteiger partial charge in [-0.25, -0.2) is 9.78 Å². The van der Waals surface area contributed by atoms with Gasteiger partial charge in [0, 0.05) is 40.6 Å². The lowest BCUT2D eigenvalue weighted by Crippen LogP contribution is -2.33. The van der Waals surface area contributed by atoms with Crippen LogP contribution >= 0.6 is 11.3 Å². The van der Waals surface area contributed by atoms with E-state index in [2.05, 4.69) is 15.6 Å². The molecule has 0 aliphatic carbocycles. The van der Waals surface area contributed by atoms with Crippen molar-refractivity contribution in [2.45, 2.75) is 19.3 Å². The molecule has 0 fully saturated rings. The molecule has 0 aliphatic rings. The molecule has 4 aromatic rings. The summed E-state index contributed by atoms with van der Waals surface area (Å²) in [5.74, 6) is -0.857. The fourth-order valence-electron chi connectivity index (χ4n) is 3.80. The molecule has 38 heavy (non-hydrogen) atoms. The van der Waals surface area contributed by atoms with Gasteiger partial charge in [0.05, 0.1) is 12.2 Å². The van der Waals surface area contributed by atoms with Crippen LogP contribution in [-0.4, -0.2) is 40.6 Å². The van der Waals surface area contributed by atoms with Crippen LogP contribution in [0.5, 0.6) is 0 Å². The Morgan fingerprint density at radius 3 is 2.68 bits per heavy atom. The van der Waals surface area contributed by atoms with E-state index in [1.807, 2.05) is 38.1 Å². The summed E-state index contributed by atoms with van der Waals surface area (Å²) in [4.78, 5) is 53.0. The van der Waals surface area contributed by atoms with Crippen LogP contribution in [0.25, 0.3) is 22.0 Å². The molecular weight excluding hydrogens is 506 g/mol. The maximum absolute atomic E-state index is 12.7. The Morgan fingerprint density at radius 1 is 1.13 bits per heavy atom. The summed E-state index contributed by atoms with van der Waals surface area (Å²) in [5, 5.41) is 8.87. The number of carbonyl (C=O) groups is 3. The standard InChI is InChI=1S/C27H27N5O5S/c1-27(2,15-37-25(28)36)19-6-4-5-18(11-19)23(34)29-13-22(33)31-26-30-21(14-38-26)17-8-7-16-9-10-32(3)24(35)20(16)12-17/h4-12,14H,13,15H2,1-3H3,(H2,28,36)(H,29,34)(H,30,31,33). The van der Waals surface area contributed by atoms with Crippen molar-refractivity contribution in [3.63, 3.8) is 0 Å². The van der Waals surface area contributed by atoms with Gasteiger partial charge in [0.2, 0.25) is 5.91 Å². The maximum atomic E-state index is 12.7. The minimum atomic E-state index is -0.867. The topological polar surface area (TPSA) is 145 Å². The Hall–Kier alpha value is -4.51. The van der Waals surface area contributed by atoms with E-state index in [9.17, 15) is 19.2 Å². The van der Waals surface area contributed by atoms with E-state index in [1.165, 1.54) is 15.9 Å². The fraction of sp³-hybridized carbons (Fsp3) is 0.222. The highest BCUT2D eigenvalue weighted by molar-refractivity contribution is 7.14. The van der Waals surface area contributed by atoms with Crippen molar-refractivity contribution >= 4 is 45.1 Å². The third-order valence-corrected chi connectivity index (χ3v) is 6.78. The third-order valence-electron chi connectivity index (χ3n) is 6.02. The number of nitrogens with two attached hydrogens (primary N) is 1. The highest BCUT2D eigenvalue weighted by Crippen LogP contribution is 2.27. The van der Waals surface area contributed by atoms with Crippen molar-refractivity contribution in [3.05, 3.63) is 81.6 Å². The number of benzene rings is 2. The molecule has 3 amide bonds. The van der Waals surface area contributed by atoms with Gasteiger partial charge in [-0.1, -0.05) is 38.1 Å². The average molecular weight is 534 g/mol. The molecule has 0 bridgehead atoms. The van der Waals surface area contributed by atoms with Crippen LogP contribution in [0.2, 0.25) is 0 Å². The van der Waals surface area contributed by atoms with Crippen LogP contribution in [0.1, 0.15) is 29.8 Å². The van der Waals surface area contributed by atoms with Crippen molar-refractivity contribution in [1.82, 2.24) is 14.9 Å². The number of fused-ring (bicyclic) bond motifs is 1. The Kier molecular flexibility index (Phi) is 7.58. The number of aromatic nitrogens is 2. The first kappa shape index (κ1) is 26.6. The van der Waals surface area contributed by atoms with Gasteiger partial charge in [-0.15, -0.1) is 11.3 Å². The van der Waals surface area contributed by atoms with Crippen LogP contribution in [-0.2, 0) is 22.0 Å². The van der Waals surface area contributed by atoms with Gasteiger partial charge in [0.25, 0.3) is 11.5 Å². The molecule has 2 aromatic carbocycles. The molecule has 0 atom stereocenters. The van der Waals surface area contributed by atoms with Crippen LogP contribution in [0.4, 0.5) is 9.93 Å². The van der Waals surface area contributed by atoms with Crippen molar-refractivity contribution < 1.29 is 19.1 Å². The smallest absolute Gasteiger partial charge is 0.404 e. The molecule has 0 aliphatic heterocycles. The van der Waals surface area contributed by atoms with Crippen molar-refractivity contribution in [1.29, 1.82) is 0 Å². The lowest BCUT2D eigenvalue weighted by Gasteiger charge is -2.24. The summed E-state index contributed by atoms with van der Waals surface area (Å²) >= 11 is 1.24. The zero-order valence-corrected chi connectivity index (χ0v) is 21.9. The number of primary amides is 1. The zero-order chi connectivity index (χ0) is 27.4. The maximum Gasteiger partial charge on any atom is 0.404 e. The number of carbonyl (C=O) groups excluding carboxylic acids is 3. The van der Waals surface area contributed by atoms with Gasteiger partial charge in [-0.2, -0.15) is 0 Å². The van der Waals surface area contributed by atoms with E-state index < -0.39 is 23.3 Å². The minimum absolute atomic E-state index is 0.0570. The first-order valence-corrected chi connectivity index (χ1v) is 12.6. The van der Waals surface area contributed by atoms with E-state index in [4.69, 9.17) is 10.5 Å². The molecule has 11 heteroatoms. The fourth-order valence-corrected chi connectivity index (χ4v) is 4.54. The summed E-state index contributed by atoms with van der Waals surface area (Å²) in [6.07, 6.45) is 0.854. The second kappa shape index (κ2) is 10.9. The predicted octanol–water partition coefficient (Wildman–Crippen LogP) is 3.40. The normalized spacial score (nSPS) is 11.2.